The number of benzene rings is 1. The lowest BCUT2D eigenvalue weighted by atomic mass is 9.93. The van der Waals surface area contributed by atoms with Gasteiger partial charge >= 0.3 is 0 Å². The molecule has 0 fully saturated rings. The van der Waals surface area contributed by atoms with Gasteiger partial charge in [0, 0.05) is 6.61 Å². The van der Waals surface area contributed by atoms with E-state index in [-0.39, 0.29) is 5.91 Å². The lowest BCUT2D eigenvalue weighted by molar-refractivity contribution is -0.134. The normalized spacial score (nSPS) is 15.0. The van der Waals surface area contributed by atoms with Crippen LogP contribution >= 0.6 is 0 Å². The first kappa shape index (κ1) is 18.5. The number of carbonyl (C=O) groups excluding carboxylic acids is 1. The topological polar surface area (TPSA) is 66.0 Å². The summed E-state index contributed by atoms with van der Waals surface area (Å²) in [5.74, 6) is 1.29. The van der Waals surface area contributed by atoms with Crippen molar-refractivity contribution >= 4 is 5.91 Å². The number of carbonyl (C=O) groups is 1. The molecule has 1 aromatic carbocycles. The molecule has 0 bridgehead atoms. The van der Waals surface area contributed by atoms with Crippen molar-refractivity contribution in [2.24, 2.45) is 0 Å². The van der Waals surface area contributed by atoms with E-state index in [4.69, 9.17) is 18.9 Å². The molecule has 1 atom stereocenters. The minimum Gasteiger partial charge on any atom is -0.486 e. The first-order chi connectivity index (χ1) is 11.4. The average molecular weight is 337 g/mol. The van der Waals surface area contributed by atoms with Crippen LogP contribution < -0.4 is 14.8 Å². The van der Waals surface area contributed by atoms with E-state index in [0.717, 1.165) is 11.3 Å². The Labute approximate surface area is 143 Å². The van der Waals surface area contributed by atoms with Crippen molar-refractivity contribution in [3.05, 3.63) is 23.8 Å². The van der Waals surface area contributed by atoms with Crippen LogP contribution in [0.4, 0.5) is 0 Å². The fourth-order valence-corrected chi connectivity index (χ4v) is 2.42. The standard InChI is InChI=1S/C18H27NO5/c1-5-21-8-9-22-13(2)17(20)19-18(3,4)14-6-7-15-16(12-14)24-11-10-23-15/h6-7,12-13H,5,8-11H2,1-4H3,(H,19,20)/t13-/m0/s1. The third-order valence-electron chi connectivity index (χ3n) is 3.87. The predicted molar refractivity (Wildman–Crippen MR) is 90.5 cm³/mol. The second-order valence-electron chi connectivity index (χ2n) is 6.18. The molecule has 6 heteroatoms. The van der Waals surface area contributed by atoms with Gasteiger partial charge in [-0.3, -0.25) is 4.79 Å². The molecule has 134 valence electrons. The molecule has 1 aromatic rings. The van der Waals surface area contributed by atoms with Crippen molar-refractivity contribution < 1.29 is 23.7 Å². The summed E-state index contributed by atoms with van der Waals surface area (Å²) in [6.45, 7) is 10.2. The molecule has 0 aliphatic carbocycles. The van der Waals surface area contributed by atoms with Crippen molar-refractivity contribution in [3.63, 3.8) is 0 Å². The molecule has 1 aliphatic rings. The highest BCUT2D eigenvalue weighted by Gasteiger charge is 2.27. The van der Waals surface area contributed by atoms with E-state index in [1.807, 2.05) is 39.0 Å². The van der Waals surface area contributed by atoms with Crippen LogP contribution in [0.3, 0.4) is 0 Å². The van der Waals surface area contributed by atoms with Gasteiger partial charge in [0.15, 0.2) is 11.5 Å². The Kier molecular flexibility index (Phi) is 6.45. The molecule has 1 N–H and O–H groups in total. The van der Waals surface area contributed by atoms with Crippen molar-refractivity contribution in [2.75, 3.05) is 33.0 Å². The fourth-order valence-electron chi connectivity index (χ4n) is 2.42. The average Bonchev–Trinajstić information content (AvgIpc) is 2.57. The molecule has 6 nitrogen and oxygen atoms in total. The van der Waals surface area contributed by atoms with E-state index in [9.17, 15) is 4.79 Å². The Morgan fingerprint density at radius 2 is 1.96 bits per heavy atom. The number of ether oxygens (including phenoxy) is 4. The van der Waals surface area contributed by atoms with E-state index in [2.05, 4.69) is 5.32 Å². The third-order valence-corrected chi connectivity index (χ3v) is 3.87. The van der Waals surface area contributed by atoms with Crippen LogP contribution in [-0.2, 0) is 19.8 Å². The summed E-state index contributed by atoms with van der Waals surface area (Å²) >= 11 is 0. The van der Waals surface area contributed by atoms with E-state index in [0.29, 0.717) is 38.8 Å². The van der Waals surface area contributed by atoms with Crippen LogP contribution in [0.15, 0.2) is 18.2 Å². The summed E-state index contributed by atoms with van der Waals surface area (Å²) in [7, 11) is 0. The predicted octanol–water partition coefficient (Wildman–Crippen LogP) is 2.25. The van der Waals surface area contributed by atoms with E-state index < -0.39 is 11.6 Å². The number of fused-ring (bicyclic) bond motifs is 1. The van der Waals surface area contributed by atoms with Crippen molar-refractivity contribution in [1.82, 2.24) is 5.32 Å². The highest BCUT2D eigenvalue weighted by molar-refractivity contribution is 5.81. The Bertz CT molecular complexity index is 558. The number of hydrogen-bond acceptors (Lipinski definition) is 5. The molecule has 0 aromatic heterocycles. The molecule has 1 aliphatic heterocycles. The van der Waals surface area contributed by atoms with Gasteiger partial charge in [0.2, 0.25) is 5.91 Å². The minimum atomic E-state index is -0.551. The quantitative estimate of drug-likeness (QED) is 0.737. The van der Waals surface area contributed by atoms with Crippen molar-refractivity contribution in [2.45, 2.75) is 39.3 Å². The van der Waals surface area contributed by atoms with Crippen LogP contribution in [0.2, 0.25) is 0 Å². The number of hydrogen-bond donors (Lipinski definition) is 1. The van der Waals surface area contributed by atoms with Gasteiger partial charge in [0.1, 0.15) is 19.3 Å². The molecule has 0 saturated heterocycles. The zero-order valence-corrected chi connectivity index (χ0v) is 14.9. The minimum absolute atomic E-state index is 0.161. The highest BCUT2D eigenvalue weighted by Crippen LogP contribution is 2.34. The Hall–Kier alpha value is -1.79. The molecule has 0 saturated carbocycles. The smallest absolute Gasteiger partial charge is 0.249 e. The number of nitrogens with one attached hydrogen (secondary N) is 1. The van der Waals surface area contributed by atoms with E-state index >= 15 is 0 Å². The van der Waals surface area contributed by atoms with Crippen molar-refractivity contribution in [3.8, 4) is 11.5 Å². The molecule has 24 heavy (non-hydrogen) atoms. The first-order valence-electron chi connectivity index (χ1n) is 8.35. The van der Waals surface area contributed by atoms with Gasteiger partial charge in [-0.15, -0.1) is 0 Å². The van der Waals surface area contributed by atoms with Gasteiger partial charge in [-0.1, -0.05) is 6.07 Å². The summed E-state index contributed by atoms with van der Waals surface area (Å²) < 4.78 is 21.8. The maximum Gasteiger partial charge on any atom is 0.249 e. The van der Waals surface area contributed by atoms with Gasteiger partial charge in [-0.2, -0.15) is 0 Å². The molecule has 1 amide bonds. The molecule has 2 rings (SSSR count). The summed E-state index contributed by atoms with van der Waals surface area (Å²) in [6.07, 6.45) is -0.540. The highest BCUT2D eigenvalue weighted by atomic mass is 16.6. The maximum absolute atomic E-state index is 12.4. The number of amides is 1. The molecular formula is C18H27NO5. The molecule has 0 spiro atoms. The monoisotopic (exact) mass is 337 g/mol. The van der Waals surface area contributed by atoms with E-state index in [1.54, 1.807) is 6.92 Å². The third kappa shape index (κ3) is 4.85. The second-order valence-corrected chi connectivity index (χ2v) is 6.18. The maximum atomic E-state index is 12.4. The van der Waals surface area contributed by atoms with Gasteiger partial charge in [0.05, 0.1) is 18.8 Å². The zero-order chi connectivity index (χ0) is 17.6. The molecular weight excluding hydrogens is 310 g/mol. The van der Waals surface area contributed by atoms with Crippen LogP contribution in [0.1, 0.15) is 33.3 Å². The van der Waals surface area contributed by atoms with Crippen molar-refractivity contribution in [1.29, 1.82) is 0 Å². The SMILES string of the molecule is CCOCCO[C@@H](C)C(=O)NC(C)(C)c1ccc2c(c1)OCCO2. The summed E-state index contributed by atoms with van der Waals surface area (Å²) in [4.78, 5) is 12.4. The summed E-state index contributed by atoms with van der Waals surface area (Å²) in [6, 6.07) is 5.73. The van der Waals surface area contributed by atoms with Gasteiger partial charge in [-0.05, 0) is 45.4 Å². The summed E-state index contributed by atoms with van der Waals surface area (Å²) in [5, 5.41) is 3.02. The Morgan fingerprint density at radius 3 is 2.67 bits per heavy atom. The first-order valence-corrected chi connectivity index (χ1v) is 8.35. The lowest BCUT2D eigenvalue weighted by Gasteiger charge is -2.30. The van der Waals surface area contributed by atoms with Gasteiger partial charge in [0.25, 0.3) is 0 Å². The van der Waals surface area contributed by atoms with Crippen LogP contribution in [0, 0.1) is 0 Å². The van der Waals surface area contributed by atoms with Gasteiger partial charge in [-0.25, -0.2) is 0 Å². The fraction of sp³-hybridized carbons (Fsp3) is 0.611. The molecule has 1 heterocycles. The number of rotatable bonds is 8. The largest absolute Gasteiger partial charge is 0.486 e. The Morgan fingerprint density at radius 1 is 1.25 bits per heavy atom. The Balaban J connectivity index is 1.95. The molecule has 0 radical (unpaired) electrons. The van der Waals surface area contributed by atoms with Crippen LogP contribution in [0.5, 0.6) is 11.5 Å². The van der Waals surface area contributed by atoms with Crippen LogP contribution in [-0.4, -0.2) is 45.0 Å². The van der Waals surface area contributed by atoms with E-state index in [1.165, 1.54) is 0 Å². The zero-order valence-electron chi connectivity index (χ0n) is 14.9. The summed E-state index contributed by atoms with van der Waals surface area (Å²) in [5.41, 5.74) is 0.395. The lowest BCUT2D eigenvalue weighted by Crippen LogP contribution is -2.46. The van der Waals surface area contributed by atoms with Gasteiger partial charge < -0.3 is 24.3 Å². The second kappa shape index (κ2) is 8.35. The van der Waals surface area contributed by atoms with Crippen LogP contribution in [0.25, 0.3) is 0 Å². The molecule has 0 unspecified atom stereocenters.